The molecule has 0 spiro atoms. The zero-order valence-corrected chi connectivity index (χ0v) is 22.3. The summed E-state index contributed by atoms with van der Waals surface area (Å²) < 4.78 is 32.1. The van der Waals surface area contributed by atoms with Gasteiger partial charge in [-0.25, -0.2) is 8.42 Å². The molecule has 0 bridgehead atoms. The van der Waals surface area contributed by atoms with E-state index in [9.17, 15) is 18.0 Å². The second-order valence-electron chi connectivity index (χ2n) is 8.60. The zero-order chi connectivity index (χ0) is 26.2. The van der Waals surface area contributed by atoms with Gasteiger partial charge in [0.15, 0.2) is 0 Å². The van der Waals surface area contributed by atoms with Crippen LogP contribution in [0.1, 0.15) is 43.4 Å². The minimum absolute atomic E-state index is 0.137. The van der Waals surface area contributed by atoms with Crippen molar-refractivity contribution in [3.8, 4) is 5.75 Å². The van der Waals surface area contributed by atoms with E-state index in [1.807, 2.05) is 58.0 Å². The molecule has 0 aromatic heterocycles. The Hall–Kier alpha value is -3.07. The summed E-state index contributed by atoms with van der Waals surface area (Å²) in [5.74, 6) is -0.0883. The van der Waals surface area contributed by atoms with Gasteiger partial charge in [0.2, 0.25) is 21.8 Å². The Morgan fingerprint density at radius 2 is 1.69 bits per heavy atom. The molecule has 0 aliphatic rings. The predicted octanol–water partition coefficient (Wildman–Crippen LogP) is 3.41. The van der Waals surface area contributed by atoms with E-state index in [1.165, 1.54) is 4.90 Å². The van der Waals surface area contributed by atoms with E-state index in [4.69, 9.17) is 4.74 Å². The van der Waals surface area contributed by atoms with Gasteiger partial charge in [0.05, 0.1) is 19.1 Å². The molecule has 1 atom stereocenters. The van der Waals surface area contributed by atoms with Crippen LogP contribution in [0.2, 0.25) is 0 Å². The second kappa shape index (κ2) is 12.6. The van der Waals surface area contributed by atoms with Gasteiger partial charge in [0.1, 0.15) is 18.3 Å². The van der Waals surface area contributed by atoms with Crippen molar-refractivity contribution in [2.75, 3.05) is 30.8 Å². The number of methoxy groups -OCH3 is 1. The SMILES string of the molecule is CCCNC(=O)[C@H](CC)N(Cc1cccc(OC)c1)C(=O)CN(c1c(C)cccc1C)S(C)(=O)=O. The van der Waals surface area contributed by atoms with Crippen molar-refractivity contribution in [1.29, 1.82) is 0 Å². The first-order valence-electron chi connectivity index (χ1n) is 11.8. The third-order valence-electron chi connectivity index (χ3n) is 5.79. The van der Waals surface area contributed by atoms with Crippen molar-refractivity contribution in [2.45, 2.75) is 53.1 Å². The number of ether oxygens (including phenoxy) is 1. The van der Waals surface area contributed by atoms with Crippen LogP contribution in [0.5, 0.6) is 5.75 Å². The van der Waals surface area contributed by atoms with Gasteiger partial charge in [-0.15, -0.1) is 0 Å². The molecule has 192 valence electrons. The highest BCUT2D eigenvalue weighted by atomic mass is 32.2. The Bertz CT molecular complexity index is 1110. The molecular weight excluding hydrogens is 466 g/mol. The van der Waals surface area contributed by atoms with E-state index in [-0.39, 0.29) is 12.5 Å². The lowest BCUT2D eigenvalue weighted by Crippen LogP contribution is -2.52. The van der Waals surface area contributed by atoms with Gasteiger partial charge in [0.25, 0.3) is 0 Å². The van der Waals surface area contributed by atoms with Gasteiger partial charge in [-0.05, 0) is 55.5 Å². The van der Waals surface area contributed by atoms with Crippen molar-refractivity contribution in [3.63, 3.8) is 0 Å². The molecule has 35 heavy (non-hydrogen) atoms. The lowest BCUT2D eigenvalue weighted by Gasteiger charge is -2.33. The number of aryl methyl sites for hydroxylation is 2. The molecule has 8 nitrogen and oxygen atoms in total. The van der Waals surface area contributed by atoms with E-state index in [0.717, 1.165) is 33.7 Å². The van der Waals surface area contributed by atoms with Gasteiger partial charge < -0.3 is 15.0 Å². The summed E-state index contributed by atoms with van der Waals surface area (Å²) in [6.45, 7) is 7.63. The minimum Gasteiger partial charge on any atom is -0.497 e. The fraction of sp³-hybridized carbons (Fsp3) is 0.462. The fourth-order valence-corrected chi connectivity index (χ4v) is 4.99. The highest BCUT2D eigenvalue weighted by Gasteiger charge is 2.32. The van der Waals surface area contributed by atoms with Gasteiger partial charge in [-0.2, -0.15) is 0 Å². The van der Waals surface area contributed by atoms with E-state index in [1.54, 1.807) is 19.2 Å². The number of para-hydroxylation sites is 1. The van der Waals surface area contributed by atoms with E-state index in [2.05, 4.69) is 5.32 Å². The van der Waals surface area contributed by atoms with Crippen LogP contribution in [0.3, 0.4) is 0 Å². The largest absolute Gasteiger partial charge is 0.497 e. The lowest BCUT2D eigenvalue weighted by atomic mass is 10.1. The van der Waals surface area contributed by atoms with Gasteiger partial charge >= 0.3 is 0 Å². The molecule has 2 amide bonds. The molecule has 2 aromatic rings. The van der Waals surface area contributed by atoms with E-state index < -0.39 is 28.5 Å². The number of carbonyl (C=O) groups is 2. The summed E-state index contributed by atoms with van der Waals surface area (Å²) in [5, 5.41) is 2.87. The van der Waals surface area contributed by atoms with Crippen molar-refractivity contribution < 1.29 is 22.7 Å². The Morgan fingerprint density at radius 1 is 1.06 bits per heavy atom. The van der Waals surface area contributed by atoms with Gasteiger partial charge in [-0.3, -0.25) is 13.9 Å². The summed E-state index contributed by atoms with van der Waals surface area (Å²) in [7, 11) is -2.22. The maximum atomic E-state index is 13.7. The molecular formula is C26H37N3O5S. The Labute approximate surface area is 209 Å². The molecule has 9 heteroatoms. The molecule has 2 rings (SSSR count). The van der Waals surface area contributed by atoms with Crippen LogP contribution in [0.25, 0.3) is 0 Å². The number of nitrogens with one attached hydrogen (secondary N) is 1. The lowest BCUT2D eigenvalue weighted by molar-refractivity contribution is -0.140. The first-order chi connectivity index (χ1) is 16.5. The van der Waals surface area contributed by atoms with Crippen LogP contribution >= 0.6 is 0 Å². The second-order valence-corrected chi connectivity index (χ2v) is 10.5. The molecule has 0 radical (unpaired) electrons. The summed E-state index contributed by atoms with van der Waals surface area (Å²) in [4.78, 5) is 28.2. The quantitative estimate of drug-likeness (QED) is 0.479. The molecule has 0 saturated carbocycles. The molecule has 0 heterocycles. The smallest absolute Gasteiger partial charge is 0.244 e. The number of amides is 2. The maximum Gasteiger partial charge on any atom is 0.244 e. The molecule has 0 unspecified atom stereocenters. The highest BCUT2D eigenvalue weighted by molar-refractivity contribution is 7.92. The van der Waals surface area contributed by atoms with Crippen molar-refractivity contribution in [2.24, 2.45) is 0 Å². The molecule has 1 N–H and O–H groups in total. The highest BCUT2D eigenvalue weighted by Crippen LogP contribution is 2.27. The van der Waals surface area contributed by atoms with Crippen LogP contribution in [-0.4, -0.2) is 57.6 Å². The molecule has 2 aromatic carbocycles. The standard InChI is InChI=1S/C26H37N3O5S/c1-7-15-27-26(31)23(8-2)28(17-21-13-10-14-22(16-21)34-5)24(30)18-29(35(6,32)33)25-19(3)11-9-12-20(25)4/h9-14,16,23H,7-8,15,17-18H2,1-6H3,(H,27,31)/t23-/m0/s1. The van der Waals surface area contributed by atoms with Gasteiger partial charge in [0, 0.05) is 13.1 Å². The summed E-state index contributed by atoms with van der Waals surface area (Å²) >= 11 is 0. The number of nitrogens with zero attached hydrogens (tertiary/aromatic N) is 2. The van der Waals surface area contributed by atoms with E-state index >= 15 is 0 Å². The number of anilines is 1. The summed E-state index contributed by atoms with van der Waals surface area (Å²) in [5.41, 5.74) is 2.75. The molecule has 0 aliphatic heterocycles. The maximum absolute atomic E-state index is 13.7. The van der Waals surface area contributed by atoms with Gasteiger partial charge in [-0.1, -0.05) is 44.2 Å². The number of hydrogen-bond donors (Lipinski definition) is 1. The molecule has 0 fully saturated rings. The predicted molar refractivity (Wildman–Crippen MR) is 139 cm³/mol. The summed E-state index contributed by atoms with van der Waals surface area (Å²) in [6, 6.07) is 12.0. The zero-order valence-electron chi connectivity index (χ0n) is 21.5. The Kier molecular flexibility index (Phi) is 10.1. The third kappa shape index (κ3) is 7.45. The fourth-order valence-electron chi connectivity index (χ4n) is 4.03. The van der Waals surface area contributed by atoms with Crippen LogP contribution in [0.4, 0.5) is 5.69 Å². The van der Waals surface area contributed by atoms with Crippen molar-refractivity contribution >= 4 is 27.5 Å². The minimum atomic E-state index is -3.78. The van der Waals surface area contributed by atoms with Crippen molar-refractivity contribution in [3.05, 3.63) is 59.2 Å². The van der Waals surface area contributed by atoms with Crippen LogP contribution in [0, 0.1) is 13.8 Å². The van der Waals surface area contributed by atoms with Crippen LogP contribution in [-0.2, 0) is 26.2 Å². The topological polar surface area (TPSA) is 96.0 Å². The summed E-state index contributed by atoms with van der Waals surface area (Å²) in [6.07, 6.45) is 2.23. The van der Waals surface area contributed by atoms with Crippen molar-refractivity contribution in [1.82, 2.24) is 10.2 Å². The average Bonchev–Trinajstić information content (AvgIpc) is 2.81. The van der Waals surface area contributed by atoms with E-state index in [0.29, 0.717) is 24.4 Å². The number of sulfonamides is 1. The molecule has 0 aliphatic carbocycles. The molecule has 0 saturated heterocycles. The Balaban J connectivity index is 2.49. The number of carbonyl (C=O) groups excluding carboxylic acids is 2. The normalized spacial score (nSPS) is 12.1. The number of hydrogen-bond acceptors (Lipinski definition) is 5. The third-order valence-corrected chi connectivity index (χ3v) is 6.90. The monoisotopic (exact) mass is 503 g/mol. The Morgan fingerprint density at radius 3 is 2.23 bits per heavy atom. The average molecular weight is 504 g/mol. The number of rotatable bonds is 12. The first-order valence-corrected chi connectivity index (χ1v) is 13.6. The first kappa shape index (κ1) is 28.2. The van der Waals surface area contributed by atoms with Crippen LogP contribution in [0.15, 0.2) is 42.5 Å². The van der Waals surface area contributed by atoms with Crippen LogP contribution < -0.4 is 14.4 Å². The number of benzene rings is 2.